The van der Waals surface area contributed by atoms with Crippen LogP contribution in [0.2, 0.25) is 0 Å². The molecular weight excluding hydrogens is 230 g/mol. The van der Waals surface area contributed by atoms with E-state index in [4.69, 9.17) is 0 Å². The van der Waals surface area contributed by atoms with Crippen molar-refractivity contribution < 1.29 is 4.79 Å². The summed E-state index contributed by atoms with van der Waals surface area (Å²) in [5.41, 5.74) is 1.59. The SMILES string of the molecule is O=C(CCc1cccs1)Nc1nncs1. The Labute approximate surface area is 95.0 Å². The van der Waals surface area contributed by atoms with Gasteiger partial charge >= 0.3 is 0 Å². The summed E-state index contributed by atoms with van der Waals surface area (Å²) in [7, 11) is 0. The third-order valence-electron chi connectivity index (χ3n) is 1.78. The first-order chi connectivity index (χ1) is 7.34. The minimum Gasteiger partial charge on any atom is -0.301 e. The second-order valence-corrected chi connectivity index (χ2v) is 4.74. The molecule has 0 saturated carbocycles. The molecule has 0 unspecified atom stereocenters. The summed E-state index contributed by atoms with van der Waals surface area (Å²) in [6.45, 7) is 0. The molecule has 0 spiro atoms. The lowest BCUT2D eigenvalue weighted by atomic mass is 10.2. The number of amides is 1. The van der Waals surface area contributed by atoms with Crippen LogP contribution in [0.15, 0.2) is 23.0 Å². The minimum atomic E-state index is -0.0137. The van der Waals surface area contributed by atoms with Crippen molar-refractivity contribution in [3.63, 3.8) is 0 Å². The van der Waals surface area contributed by atoms with Crippen LogP contribution in [0.3, 0.4) is 0 Å². The summed E-state index contributed by atoms with van der Waals surface area (Å²) < 4.78 is 0. The highest BCUT2D eigenvalue weighted by Crippen LogP contribution is 2.12. The highest BCUT2D eigenvalue weighted by molar-refractivity contribution is 7.13. The zero-order valence-electron chi connectivity index (χ0n) is 7.84. The average molecular weight is 239 g/mol. The van der Waals surface area contributed by atoms with E-state index in [-0.39, 0.29) is 5.91 Å². The van der Waals surface area contributed by atoms with E-state index in [0.717, 1.165) is 6.42 Å². The van der Waals surface area contributed by atoms with Crippen molar-refractivity contribution in [1.82, 2.24) is 10.2 Å². The molecule has 0 atom stereocenters. The Morgan fingerprint density at radius 2 is 2.40 bits per heavy atom. The van der Waals surface area contributed by atoms with Gasteiger partial charge in [0.05, 0.1) is 0 Å². The Balaban J connectivity index is 1.78. The van der Waals surface area contributed by atoms with Gasteiger partial charge in [0, 0.05) is 11.3 Å². The van der Waals surface area contributed by atoms with Crippen molar-refractivity contribution in [2.75, 3.05) is 5.32 Å². The number of hydrogen-bond acceptors (Lipinski definition) is 5. The van der Waals surface area contributed by atoms with Crippen LogP contribution in [0.4, 0.5) is 5.13 Å². The average Bonchev–Trinajstić information content (AvgIpc) is 2.86. The highest BCUT2D eigenvalue weighted by atomic mass is 32.1. The molecule has 2 rings (SSSR count). The fourth-order valence-corrected chi connectivity index (χ4v) is 2.27. The summed E-state index contributed by atoms with van der Waals surface area (Å²) >= 11 is 2.99. The quantitative estimate of drug-likeness (QED) is 0.889. The summed E-state index contributed by atoms with van der Waals surface area (Å²) in [5.74, 6) is -0.0137. The lowest BCUT2D eigenvalue weighted by Crippen LogP contribution is -2.11. The van der Waals surface area contributed by atoms with E-state index in [1.54, 1.807) is 16.8 Å². The van der Waals surface area contributed by atoms with Crippen molar-refractivity contribution in [1.29, 1.82) is 0 Å². The van der Waals surface area contributed by atoms with Crippen LogP contribution in [0, 0.1) is 0 Å². The molecule has 1 N–H and O–H groups in total. The number of carbonyl (C=O) groups excluding carboxylic acids is 1. The first-order valence-electron chi connectivity index (χ1n) is 4.43. The van der Waals surface area contributed by atoms with Crippen LogP contribution >= 0.6 is 22.7 Å². The van der Waals surface area contributed by atoms with Gasteiger partial charge in [-0.1, -0.05) is 17.4 Å². The van der Waals surface area contributed by atoms with Crippen LogP contribution in [0.5, 0.6) is 0 Å². The topological polar surface area (TPSA) is 54.9 Å². The number of thiophene rings is 1. The molecule has 0 radical (unpaired) electrons. The van der Waals surface area contributed by atoms with E-state index in [0.29, 0.717) is 11.6 Å². The maximum atomic E-state index is 11.4. The molecular formula is C9H9N3OS2. The zero-order valence-corrected chi connectivity index (χ0v) is 9.48. The van der Waals surface area contributed by atoms with Gasteiger partial charge in [0.2, 0.25) is 11.0 Å². The van der Waals surface area contributed by atoms with Crippen LogP contribution in [0.1, 0.15) is 11.3 Å². The Morgan fingerprint density at radius 1 is 1.47 bits per heavy atom. The summed E-state index contributed by atoms with van der Waals surface area (Å²) in [6, 6.07) is 4.02. The molecule has 2 aromatic rings. The molecule has 4 nitrogen and oxygen atoms in total. The maximum absolute atomic E-state index is 11.4. The van der Waals surface area contributed by atoms with Gasteiger partial charge in [0.25, 0.3) is 0 Å². The Kier molecular flexibility index (Phi) is 3.41. The number of hydrogen-bond donors (Lipinski definition) is 1. The van der Waals surface area contributed by atoms with Crippen LogP contribution in [0.25, 0.3) is 0 Å². The van der Waals surface area contributed by atoms with Gasteiger partial charge in [-0.2, -0.15) is 0 Å². The lowest BCUT2D eigenvalue weighted by molar-refractivity contribution is -0.116. The molecule has 0 aliphatic heterocycles. The number of aromatic nitrogens is 2. The second kappa shape index (κ2) is 4.99. The smallest absolute Gasteiger partial charge is 0.226 e. The fourth-order valence-electron chi connectivity index (χ4n) is 1.10. The molecule has 0 saturated heterocycles. The molecule has 2 aromatic heterocycles. The Hall–Kier alpha value is -1.27. The van der Waals surface area contributed by atoms with Crippen molar-refractivity contribution in [3.05, 3.63) is 27.9 Å². The van der Waals surface area contributed by atoms with Crippen LogP contribution < -0.4 is 5.32 Å². The predicted molar refractivity (Wildman–Crippen MR) is 61.2 cm³/mol. The molecule has 78 valence electrons. The van der Waals surface area contributed by atoms with Crippen molar-refractivity contribution in [3.8, 4) is 0 Å². The molecule has 2 heterocycles. The highest BCUT2D eigenvalue weighted by Gasteiger charge is 2.05. The van der Waals surface area contributed by atoms with Crippen LogP contribution in [-0.4, -0.2) is 16.1 Å². The maximum Gasteiger partial charge on any atom is 0.226 e. The molecule has 0 bridgehead atoms. The lowest BCUT2D eigenvalue weighted by Gasteiger charge is -1.99. The molecule has 6 heteroatoms. The number of aryl methyl sites for hydroxylation is 1. The third-order valence-corrected chi connectivity index (χ3v) is 3.33. The number of anilines is 1. The Morgan fingerprint density at radius 3 is 3.07 bits per heavy atom. The van der Waals surface area contributed by atoms with Gasteiger partial charge in [0.15, 0.2) is 0 Å². The number of nitrogens with one attached hydrogen (secondary N) is 1. The van der Waals surface area contributed by atoms with Crippen molar-refractivity contribution >= 4 is 33.7 Å². The second-order valence-electron chi connectivity index (χ2n) is 2.87. The third kappa shape index (κ3) is 3.10. The van der Waals surface area contributed by atoms with Crippen LogP contribution in [-0.2, 0) is 11.2 Å². The zero-order chi connectivity index (χ0) is 10.5. The van der Waals surface area contributed by atoms with Gasteiger partial charge in [-0.05, 0) is 17.9 Å². The van der Waals surface area contributed by atoms with E-state index in [1.807, 2.05) is 17.5 Å². The fraction of sp³-hybridized carbons (Fsp3) is 0.222. The van der Waals surface area contributed by atoms with Gasteiger partial charge < -0.3 is 5.32 Å². The standard InChI is InChI=1S/C9H9N3OS2/c13-8(11-9-12-10-6-15-9)4-3-7-2-1-5-14-7/h1-2,5-6H,3-4H2,(H,11,12,13). The van der Waals surface area contributed by atoms with E-state index < -0.39 is 0 Å². The summed E-state index contributed by atoms with van der Waals surface area (Å²) in [5, 5.41) is 12.6. The van der Waals surface area contributed by atoms with Crippen molar-refractivity contribution in [2.24, 2.45) is 0 Å². The van der Waals surface area contributed by atoms with E-state index in [9.17, 15) is 4.79 Å². The van der Waals surface area contributed by atoms with E-state index >= 15 is 0 Å². The van der Waals surface area contributed by atoms with E-state index in [2.05, 4.69) is 15.5 Å². The predicted octanol–water partition coefficient (Wildman–Crippen LogP) is 2.17. The molecule has 0 aromatic carbocycles. The number of rotatable bonds is 4. The molecule has 0 aliphatic carbocycles. The Bertz CT molecular complexity index is 411. The first-order valence-corrected chi connectivity index (χ1v) is 6.19. The van der Waals surface area contributed by atoms with Gasteiger partial charge in [-0.15, -0.1) is 21.5 Å². The van der Waals surface area contributed by atoms with Gasteiger partial charge in [-0.3, -0.25) is 4.79 Å². The normalized spacial score (nSPS) is 10.1. The molecule has 0 fully saturated rings. The summed E-state index contributed by atoms with van der Waals surface area (Å²) in [4.78, 5) is 12.7. The van der Waals surface area contributed by atoms with E-state index in [1.165, 1.54) is 16.2 Å². The van der Waals surface area contributed by atoms with Crippen molar-refractivity contribution in [2.45, 2.75) is 12.8 Å². The number of carbonyl (C=O) groups is 1. The molecule has 1 amide bonds. The van der Waals surface area contributed by atoms with Gasteiger partial charge in [-0.25, -0.2) is 0 Å². The largest absolute Gasteiger partial charge is 0.301 e. The molecule has 0 aliphatic rings. The first kappa shape index (κ1) is 10.3. The van der Waals surface area contributed by atoms with Gasteiger partial charge in [0.1, 0.15) is 5.51 Å². The molecule has 15 heavy (non-hydrogen) atoms. The summed E-state index contributed by atoms with van der Waals surface area (Å²) in [6.07, 6.45) is 1.27. The monoisotopic (exact) mass is 239 g/mol. The minimum absolute atomic E-state index is 0.0137. The number of nitrogens with zero attached hydrogens (tertiary/aromatic N) is 2.